The van der Waals surface area contributed by atoms with Crippen molar-refractivity contribution in [2.45, 2.75) is 32.6 Å². The third-order valence-electron chi connectivity index (χ3n) is 3.82. The molecule has 1 fully saturated rings. The van der Waals surface area contributed by atoms with E-state index in [9.17, 15) is 4.79 Å². The molecule has 0 heterocycles. The van der Waals surface area contributed by atoms with Gasteiger partial charge in [-0.25, -0.2) is 0 Å². The summed E-state index contributed by atoms with van der Waals surface area (Å²) in [4.78, 5) is 12.1. The van der Waals surface area contributed by atoms with Crippen molar-refractivity contribution in [1.29, 1.82) is 0 Å². The molecule has 104 valence electrons. The number of ether oxygens (including phenoxy) is 1. The molecule has 1 saturated carbocycles. The Hall–Kier alpha value is -1.71. The second kappa shape index (κ2) is 5.95. The molecule has 0 unspecified atom stereocenters. The fourth-order valence-electron chi connectivity index (χ4n) is 2.53. The molecule has 0 aromatic heterocycles. The molecule has 0 radical (unpaired) electrons. The third-order valence-corrected chi connectivity index (χ3v) is 3.82. The summed E-state index contributed by atoms with van der Waals surface area (Å²) in [5.41, 5.74) is 6.22. The van der Waals surface area contributed by atoms with E-state index in [-0.39, 0.29) is 11.3 Å². The van der Waals surface area contributed by atoms with Crippen LogP contribution in [0.1, 0.15) is 32.6 Å². The summed E-state index contributed by atoms with van der Waals surface area (Å²) < 4.78 is 5.54. The average Bonchev–Trinajstić information content (AvgIpc) is 2.84. The lowest BCUT2D eigenvalue weighted by Crippen LogP contribution is -2.39. The van der Waals surface area contributed by atoms with Crippen molar-refractivity contribution in [1.82, 2.24) is 5.32 Å². The van der Waals surface area contributed by atoms with E-state index in [1.165, 1.54) is 0 Å². The second-order valence-corrected chi connectivity index (χ2v) is 5.41. The number of para-hydroxylation sites is 2. The fraction of sp³-hybridized carbons (Fsp3) is 0.533. The average molecular weight is 262 g/mol. The van der Waals surface area contributed by atoms with Gasteiger partial charge in [0.15, 0.2) is 0 Å². The molecule has 2 rings (SSSR count). The minimum atomic E-state index is -0.175. The van der Waals surface area contributed by atoms with E-state index in [1.807, 2.05) is 25.1 Å². The van der Waals surface area contributed by atoms with Crippen molar-refractivity contribution in [3.63, 3.8) is 0 Å². The van der Waals surface area contributed by atoms with Gasteiger partial charge in [-0.3, -0.25) is 4.79 Å². The molecule has 0 atom stereocenters. The van der Waals surface area contributed by atoms with Crippen LogP contribution < -0.4 is 15.8 Å². The van der Waals surface area contributed by atoms with Gasteiger partial charge in [0.1, 0.15) is 12.4 Å². The quantitative estimate of drug-likeness (QED) is 0.632. The number of carbonyl (C=O) groups excluding carboxylic acids is 1. The molecule has 4 heteroatoms. The molecule has 0 bridgehead atoms. The molecule has 0 aliphatic heterocycles. The second-order valence-electron chi connectivity index (χ2n) is 5.41. The zero-order valence-corrected chi connectivity index (χ0v) is 11.4. The number of rotatable bonds is 5. The first-order valence-corrected chi connectivity index (χ1v) is 6.87. The van der Waals surface area contributed by atoms with Crippen LogP contribution in [0.15, 0.2) is 24.3 Å². The lowest BCUT2D eigenvalue weighted by Gasteiger charge is -2.22. The zero-order valence-electron chi connectivity index (χ0n) is 11.4. The Labute approximate surface area is 114 Å². The van der Waals surface area contributed by atoms with Gasteiger partial charge in [-0.05, 0) is 25.0 Å². The van der Waals surface area contributed by atoms with Crippen LogP contribution in [-0.2, 0) is 4.79 Å². The topological polar surface area (TPSA) is 64.3 Å². The fourth-order valence-corrected chi connectivity index (χ4v) is 2.53. The summed E-state index contributed by atoms with van der Waals surface area (Å²) in [6.45, 7) is 3.00. The molecule has 19 heavy (non-hydrogen) atoms. The van der Waals surface area contributed by atoms with Crippen molar-refractivity contribution >= 4 is 11.6 Å². The van der Waals surface area contributed by atoms with E-state index < -0.39 is 0 Å². The molecule has 1 aliphatic rings. The van der Waals surface area contributed by atoms with Gasteiger partial charge >= 0.3 is 0 Å². The van der Waals surface area contributed by atoms with E-state index in [0.717, 1.165) is 25.7 Å². The Balaban J connectivity index is 1.72. The summed E-state index contributed by atoms with van der Waals surface area (Å²) >= 11 is 0. The first kappa shape index (κ1) is 13.7. The maximum atomic E-state index is 12.1. The van der Waals surface area contributed by atoms with Gasteiger partial charge in [-0.15, -0.1) is 0 Å². The Morgan fingerprint density at radius 2 is 2.05 bits per heavy atom. The summed E-state index contributed by atoms with van der Waals surface area (Å²) in [5, 5.41) is 2.95. The van der Waals surface area contributed by atoms with E-state index in [0.29, 0.717) is 24.6 Å². The maximum absolute atomic E-state index is 12.1. The van der Waals surface area contributed by atoms with Crippen molar-refractivity contribution in [3.8, 4) is 5.75 Å². The van der Waals surface area contributed by atoms with E-state index in [4.69, 9.17) is 10.5 Å². The van der Waals surface area contributed by atoms with Crippen LogP contribution in [-0.4, -0.2) is 19.1 Å². The van der Waals surface area contributed by atoms with Gasteiger partial charge in [0.25, 0.3) is 0 Å². The number of hydrogen-bond donors (Lipinski definition) is 2. The molecular weight excluding hydrogens is 240 g/mol. The minimum Gasteiger partial charge on any atom is -0.490 e. The largest absolute Gasteiger partial charge is 0.490 e. The summed E-state index contributed by atoms with van der Waals surface area (Å²) in [6.07, 6.45) is 4.29. The highest BCUT2D eigenvalue weighted by Gasteiger charge is 2.35. The number of hydrogen-bond acceptors (Lipinski definition) is 3. The van der Waals surface area contributed by atoms with Crippen LogP contribution in [0.5, 0.6) is 5.75 Å². The highest BCUT2D eigenvalue weighted by molar-refractivity contribution is 5.82. The van der Waals surface area contributed by atoms with Gasteiger partial charge < -0.3 is 15.8 Å². The molecule has 4 nitrogen and oxygen atoms in total. The van der Waals surface area contributed by atoms with Gasteiger partial charge in [0.2, 0.25) is 5.91 Å². The standard InChI is InChI=1S/C15H22N2O2/c1-15(8-4-5-9-15)14(18)17-10-11-19-13-7-3-2-6-12(13)16/h2-3,6-7H,4-5,8-11,16H2,1H3,(H,17,18). The Morgan fingerprint density at radius 1 is 1.37 bits per heavy atom. The number of nitrogens with one attached hydrogen (secondary N) is 1. The predicted molar refractivity (Wildman–Crippen MR) is 75.9 cm³/mol. The summed E-state index contributed by atoms with van der Waals surface area (Å²) in [6, 6.07) is 7.37. The lowest BCUT2D eigenvalue weighted by molar-refractivity contribution is -0.130. The molecule has 1 amide bonds. The maximum Gasteiger partial charge on any atom is 0.226 e. The van der Waals surface area contributed by atoms with Gasteiger partial charge in [-0.1, -0.05) is 31.9 Å². The van der Waals surface area contributed by atoms with Crippen LogP contribution in [0.4, 0.5) is 5.69 Å². The monoisotopic (exact) mass is 262 g/mol. The highest BCUT2D eigenvalue weighted by atomic mass is 16.5. The molecular formula is C15H22N2O2. The number of benzene rings is 1. The van der Waals surface area contributed by atoms with Crippen LogP contribution in [0.2, 0.25) is 0 Å². The van der Waals surface area contributed by atoms with Crippen LogP contribution >= 0.6 is 0 Å². The predicted octanol–water partition coefficient (Wildman–Crippen LogP) is 2.34. The van der Waals surface area contributed by atoms with Crippen LogP contribution in [0.3, 0.4) is 0 Å². The highest BCUT2D eigenvalue weighted by Crippen LogP contribution is 2.37. The number of anilines is 1. The number of nitrogens with two attached hydrogens (primary N) is 1. The van der Waals surface area contributed by atoms with E-state index >= 15 is 0 Å². The number of carbonyl (C=O) groups is 1. The van der Waals surface area contributed by atoms with E-state index in [2.05, 4.69) is 5.32 Å². The molecule has 1 aliphatic carbocycles. The summed E-state index contributed by atoms with van der Waals surface area (Å²) in [7, 11) is 0. The van der Waals surface area contributed by atoms with Crippen LogP contribution in [0.25, 0.3) is 0 Å². The SMILES string of the molecule is CC1(C(=O)NCCOc2ccccc2N)CCCC1. The van der Waals surface area contributed by atoms with Crippen molar-refractivity contribution in [2.24, 2.45) is 5.41 Å². The number of nitrogen functional groups attached to an aromatic ring is 1. The van der Waals surface area contributed by atoms with Gasteiger partial charge in [0, 0.05) is 5.41 Å². The Morgan fingerprint density at radius 3 is 2.74 bits per heavy atom. The first-order chi connectivity index (χ1) is 9.12. The first-order valence-electron chi connectivity index (χ1n) is 6.87. The summed E-state index contributed by atoms with van der Waals surface area (Å²) in [5.74, 6) is 0.818. The molecule has 1 aromatic rings. The van der Waals surface area contributed by atoms with Crippen molar-refractivity contribution in [3.05, 3.63) is 24.3 Å². The van der Waals surface area contributed by atoms with Crippen molar-refractivity contribution < 1.29 is 9.53 Å². The lowest BCUT2D eigenvalue weighted by atomic mass is 9.88. The Bertz CT molecular complexity index is 440. The number of amides is 1. The zero-order chi connectivity index (χ0) is 13.7. The molecule has 1 aromatic carbocycles. The molecule has 3 N–H and O–H groups in total. The van der Waals surface area contributed by atoms with Gasteiger partial charge in [-0.2, -0.15) is 0 Å². The van der Waals surface area contributed by atoms with Gasteiger partial charge in [0.05, 0.1) is 12.2 Å². The third kappa shape index (κ3) is 3.40. The smallest absolute Gasteiger partial charge is 0.226 e. The minimum absolute atomic E-state index is 0.148. The Kier molecular flexibility index (Phi) is 4.30. The van der Waals surface area contributed by atoms with Crippen LogP contribution in [0, 0.1) is 5.41 Å². The van der Waals surface area contributed by atoms with E-state index in [1.54, 1.807) is 6.07 Å². The van der Waals surface area contributed by atoms with Crippen molar-refractivity contribution in [2.75, 3.05) is 18.9 Å². The molecule has 0 spiro atoms. The normalized spacial score (nSPS) is 17.1. The molecule has 0 saturated heterocycles.